The van der Waals surface area contributed by atoms with E-state index in [4.69, 9.17) is 11.5 Å². The van der Waals surface area contributed by atoms with E-state index in [1.54, 1.807) is 12.1 Å². The van der Waals surface area contributed by atoms with Gasteiger partial charge in [-0.2, -0.15) is 0 Å². The predicted octanol–water partition coefficient (Wildman–Crippen LogP) is 2.41. The Balaban J connectivity index is 0.00000300. The average molecular weight is 421 g/mol. The highest BCUT2D eigenvalue weighted by atomic mass is 35.5. The first-order valence-electron chi connectivity index (χ1n) is 9.24. The van der Waals surface area contributed by atoms with Crippen molar-refractivity contribution in [2.45, 2.75) is 12.5 Å². The van der Waals surface area contributed by atoms with Gasteiger partial charge in [0.25, 0.3) is 5.91 Å². The lowest BCUT2D eigenvalue weighted by atomic mass is 10.0. The Labute approximate surface area is 174 Å². The molecule has 3 aromatic rings. The van der Waals surface area contributed by atoms with Crippen molar-refractivity contribution in [1.82, 2.24) is 10.3 Å². The Morgan fingerprint density at radius 2 is 1.86 bits per heavy atom. The maximum absolute atomic E-state index is 13.3. The second-order valence-corrected chi connectivity index (χ2v) is 6.92. The Kier molecular flexibility index (Phi) is 8.16. The van der Waals surface area contributed by atoms with Gasteiger partial charge in [0.1, 0.15) is 11.5 Å². The molecule has 6 nitrogen and oxygen atoms in total. The van der Waals surface area contributed by atoms with Crippen LogP contribution < -0.4 is 16.8 Å². The smallest absolute Gasteiger partial charge is 0.268 e. The standard InChI is InChI=1S/C21H25FN4O2.ClH/c22-15-7-5-14(6-8-15)19-17-3-1-2-4-18(17)26-20(19)21(28)25-11-16(24)9-13(10-23)12-27;/h1-8,13,16,26-27H,9-12,23-24H2,(H,25,28);1H/t13?,16-;/m1./s1. The minimum absolute atomic E-state index is 0. The lowest BCUT2D eigenvalue weighted by Gasteiger charge is -2.18. The van der Waals surface area contributed by atoms with Crippen molar-refractivity contribution in [3.63, 3.8) is 0 Å². The number of aromatic nitrogens is 1. The topological polar surface area (TPSA) is 117 Å². The summed E-state index contributed by atoms with van der Waals surface area (Å²) in [6.45, 7) is 0.567. The van der Waals surface area contributed by atoms with Crippen LogP contribution in [0, 0.1) is 11.7 Å². The molecule has 3 rings (SSSR count). The molecule has 156 valence electrons. The molecule has 0 saturated heterocycles. The molecule has 0 fully saturated rings. The van der Waals surface area contributed by atoms with E-state index in [1.807, 2.05) is 24.3 Å². The minimum atomic E-state index is -0.334. The van der Waals surface area contributed by atoms with Gasteiger partial charge in [0.15, 0.2) is 0 Å². The number of aliphatic hydroxyl groups is 1. The van der Waals surface area contributed by atoms with Gasteiger partial charge in [-0.05, 0) is 42.6 Å². The van der Waals surface area contributed by atoms with Gasteiger partial charge >= 0.3 is 0 Å². The summed E-state index contributed by atoms with van der Waals surface area (Å²) < 4.78 is 13.3. The van der Waals surface area contributed by atoms with E-state index in [1.165, 1.54) is 12.1 Å². The third-order valence-electron chi connectivity index (χ3n) is 4.82. The average Bonchev–Trinajstić information content (AvgIpc) is 3.10. The molecule has 7 N–H and O–H groups in total. The summed E-state index contributed by atoms with van der Waals surface area (Å²) in [5.74, 6) is -0.715. The number of fused-ring (bicyclic) bond motifs is 1. The molecule has 2 aromatic carbocycles. The maximum Gasteiger partial charge on any atom is 0.268 e. The van der Waals surface area contributed by atoms with E-state index < -0.39 is 0 Å². The quantitative estimate of drug-likeness (QED) is 0.384. The number of hydrogen-bond acceptors (Lipinski definition) is 4. The number of carbonyl (C=O) groups excluding carboxylic acids is 1. The van der Waals surface area contributed by atoms with Crippen LogP contribution in [-0.4, -0.2) is 41.7 Å². The number of H-pyrrole nitrogens is 1. The molecule has 0 aliphatic heterocycles. The summed E-state index contributed by atoms with van der Waals surface area (Å²) >= 11 is 0. The molecule has 29 heavy (non-hydrogen) atoms. The van der Waals surface area contributed by atoms with Crippen LogP contribution in [0.2, 0.25) is 0 Å². The molecule has 0 saturated carbocycles. The summed E-state index contributed by atoms with van der Waals surface area (Å²) in [4.78, 5) is 16.0. The fourth-order valence-electron chi connectivity index (χ4n) is 3.30. The van der Waals surface area contributed by atoms with E-state index >= 15 is 0 Å². The van der Waals surface area contributed by atoms with Crippen LogP contribution in [0.1, 0.15) is 16.9 Å². The number of amides is 1. The Hall–Kier alpha value is -2.45. The van der Waals surface area contributed by atoms with E-state index in [0.29, 0.717) is 18.7 Å². The van der Waals surface area contributed by atoms with Gasteiger partial charge in [-0.3, -0.25) is 4.79 Å². The summed E-state index contributed by atoms with van der Waals surface area (Å²) in [5.41, 5.74) is 14.3. The van der Waals surface area contributed by atoms with Crippen LogP contribution >= 0.6 is 12.4 Å². The lowest BCUT2D eigenvalue weighted by Crippen LogP contribution is -2.40. The number of aliphatic hydroxyl groups excluding tert-OH is 1. The monoisotopic (exact) mass is 420 g/mol. The molecule has 1 aromatic heterocycles. The number of nitrogens with two attached hydrogens (primary N) is 2. The van der Waals surface area contributed by atoms with E-state index in [2.05, 4.69) is 10.3 Å². The highest BCUT2D eigenvalue weighted by Crippen LogP contribution is 2.32. The SMILES string of the molecule is Cl.NCC(CO)C[C@@H](N)CNC(=O)c1[nH]c2ccccc2c1-c1ccc(F)cc1. The predicted molar refractivity (Wildman–Crippen MR) is 115 cm³/mol. The summed E-state index contributed by atoms with van der Waals surface area (Å²) in [7, 11) is 0. The molecule has 0 bridgehead atoms. The molecule has 1 amide bonds. The Morgan fingerprint density at radius 1 is 1.17 bits per heavy atom. The molecule has 0 radical (unpaired) electrons. The van der Waals surface area contributed by atoms with Crippen molar-refractivity contribution in [3.8, 4) is 11.1 Å². The second-order valence-electron chi connectivity index (χ2n) is 6.92. The van der Waals surface area contributed by atoms with Gasteiger partial charge in [-0.15, -0.1) is 12.4 Å². The minimum Gasteiger partial charge on any atom is -0.396 e. The van der Waals surface area contributed by atoms with E-state index in [0.717, 1.165) is 22.0 Å². The molecule has 2 atom stereocenters. The van der Waals surface area contributed by atoms with Crippen molar-refractivity contribution in [3.05, 3.63) is 60.0 Å². The molecule has 1 heterocycles. The van der Waals surface area contributed by atoms with Gasteiger partial charge in [-0.1, -0.05) is 30.3 Å². The number of nitrogens with one attached hydrogen (secondary N) is 2. The number of carbonyl (C=O) groups is 1. The first-order chi connectivity index (χ1) is 13.5. The van der Waals surface area contributed by atoms with Crippen LogP contribution in [0.25, 0.3) is 22.0 Å². The Morgan fingerprint density at radius 3 is 2.52 bits per heavy atom. The van der Waals surface area contributed by atoms with Gasteiger partial charge in [0.2, 0.25) is 0 Å². The van der Waals surface area contributed by atoms with Crippen LogP contribution in [0.5, 0.6) is 0 Å². The van der Waals surface area contributed by atoms with E-state index in [-0.39, 0.29) is 49.2 Å². The second kappa shape index (κ2) is 10.4. The molecule has 0 spiro atoms. The van der Waals surface area contributed by atoms with Gasteiger partial charge < -0.3 is 26.9 Å². The number of aromatic amines is 1. The Bertz CT molecular complexity index is 942. The third-order valence-corrected chi connectivity index (χ3v) is 4.82. The fraction of sp³-hybridized carbons (Fsp3) is 0.286. The van der Waals surface area contributed by atoms with Gasteiger partial charge in [0, 0.05) is 35.7 Å². The normalized spacial score (nSPS) is 13.0. The maximum atomic E-state index is 13.3. The number of para-hydroxylation sites is 1. The first-order valence-corrected chi connectivity index (χ1v) is 9.24. The van der Waals surface area contributed by atoms with Gasteiger partial charge in [-0.25, -0.2) is 4.39 Å². The van der Waals surface area contributed by atoms with Crippen molar-refractivity contribution in [1.29, 1.82) is 0 Å². The summed E-state index contributed by atoms with van der Waals surface area (Å²) in [6.07, 6.45) is 0.519. The summed E-state index contributed by atoms with van der Waals surface area (Å²) in [5, 5.41) is 13.0. The molecule has 0 aliphatic rings. The largest absolute Gasteiger partial charge is 0.396 e. The highest BCUT2D eigenvalue weighted by Gasteiger charge is 2.20. The van der Waals surface area contributed by atoms with Crippen LogP contribution in [-0.2, 0) is 0 Å². The van der Waals surface area contributed by atoms with Crippen molar-refractivity contribution in [2.75, 3.05) is 19.7 Å². The molecular weight excluding hydrogens is 395 g/mol. The first kappa shape index (κ1) is 22.8. The van der Waals surface area contributed by atoms with Crippen LogP contribution in [0.15, 0.2) is 48.5 Å². The van der Waals surface area contributed by atoms with Crippen molar-refractivity contribution in [2.24, 2.45) is 17.4 Å². The third kappa shape index (κ3) is 5.33. The molecular formula is C21H26ClFN4O2. The zero-order valence-corrected chi connectivity index (χ0v) is 16.7. The number of hydrogen-bond donors (Lipinski definition) is 5. The van der Waals surface area contributed by atoms with Crippen LogP contribution in [0.3, 0.4) is 0 Å². The molecule has 1 unspecified atom stereocenters. The van der Waals surface area contributed by atoms with E-state index in [9.17, 15) is 14.3 Å². The zero-order valence-electron chi connectivity index (χ0n) is 15.9. The van der Waals surface area contributed by atoms with Crippen LogP contribution in [0.4, 0.5) is 4.39 Å². The zero-order chi connectivity index (χ0) is 20.1. The molecule has 8 heteroatoms. The molecule has 0 aliphatic carbocycles. The fourth-order valence-corrected chi connectivity index (χ4v) is 3.30. The highest BCUT2D eigenvalue weighted by molar-refractivity contribution is 6.09. The van der Waals surface area contributed by atoms with Gasteiger partial charge in [0.05, 0.1) is 0 Å². The van der Waals surface area contributed by atoms with Crippen molar-refractivity contribution < 1.29 is 14.3 Å². The number of rotatable bonds is 8. The number of halogens is 2. The lowest BCUT2D eigenvalue weighted by molar-refractivity contribution is 0.0946. The number of benzene rings is 2. The summed E-state index contributed by atoms with van der Waals surface area (Å²) in [6, 6.07) is 13.3. The van der Waals surface area contributed by atoms with Crippen molar-refractivity contribution >= 4 is 29.2 Å².